The highest BCUT2D eigenvalue weighted by Crippen LogP contribution is 2.59. The van der Waals surface area contributed by atoms with Gasteiger partial charge in [-0.05, 0) is 60.2 Å². The SMILES string of the molecule is NC([NH3+])c1ccc(C(NC(=O)c2cccc(Oc3ccccc3)c2)P(=O)(Oc2ccccc2)Oc2ccccc2)cc1. The summed E-state index contributed by atoms with van der Waals surface area (Å²) in [5, 5.41) is 2.92. The molecule has 212 valence electrons. The first-order valence-electron chi connectivity index (χ1n) is 13.3. The number of hydrogen-bond donors (Lipinski definition) is 3. The van der Waals surface area contributed by atoms with E-state index in [1.807, 2.05) is 42.5 Å². The van der Waals surface area contributed by atoms with Crippen molar-refractivity contribution in [2.45, 2.75) is 11.9 Å². The van der Waals surface area contributed by atoms with Crippen molar-refractivity contribution in [2.24, 2.45) is 5.73 Å². The van der Waals surface area contributed by atoms with E-state index in [9.17, 15) is 9.36 Å². The van der Waals surface area contributed by atoms with Crippen LogP contribution >= 0.6 is 7.60 Å². The molecule has 0 aliphatic carbocycles. The molecule has 0 aliphatic heterocycles. The molecule has 42 heavy (non-hydrogen) atoms. The molecule has 2 unspecified atom stereocenters. The second kappa shape index (κ2) is 13.2. The van der Waals surface area contributed by atoms with Crippen LogP contribution in [-0.4, -0.2) is 5.91 Å². The Morgan fingerprint density at radius 2 is 1.12 bits per heavy atom. The van der Waals surface area contributed by atoms with Gasteiger partial charge in [0.2, 0.25) is 0 Å². The number of amides is 1. The Morgan fingerprint density at radius 3 is 1.64 bits per heavy atom. The van der Waals surface area contributed by atoms with Gasteiger partial charge in [0.15, 0.2) is 11.9 Å². The molecule has 1 amide bonds. The van der Waals surface area contributed by atoms with E-state index in [0.29, 0.717) is 34.1 Å². The normalized spacial score (nSPS) is 12.5. The van der Waals surface area contributed by atoms with E-state index >= 15 is 0 Å². The largest absolute Gasteiger partial charge is 0.457 e. The van der Waals surface area contributed by atoms with Gasteiger partial charge in [0.05, 0.1) is 0 Å². The van der Waals surface area contributed by atoms with Gasteiger partial charge in [-0.15, -0.1) is 0 Å². The maximum Gasteiger partial charge on any atom is 0.457 e. The summed E-state index contributed by atoms with van der Waals surface area (Å²) in [4.78, 5) is 13.7. The number of rotatable bonds is 11. The number of carbonyl (C=O) groups excluding carboxylic acids is 1. The van der Waals surface area contributed by atoms with Crippen LogP contribution in [0.3, 0.4) is 0 Å². The van der Waals surface area contributed by atoms with E-state index in [-0.39, 0.29) is 0 Å². The number of hydrogen-bond acceptors (Lipinski definition) is 6. The summed E-state index contributed by atoms with van der Waals surface area (Å²) >= 11 is 0. The van der Waals surface area contributed by atoms with E-state index in [1.54, 1.807) is 97.1 Å². The lowest BCUT2D eigenvalue weighted by atomic mass is 10.1. The zero-order chi connectivity index (χ0) is 29.4. The minimum Gasteiger partial charge on any atom is -0.457 e. The molecule has 5 aromatic rings. The van der Waals surface area contributed by atoms with Gasteiger partial charge in [0, 0.05) is 11.1 Å². The van der Waals surface area contributed by atoms with Gasteiger partial charge >= 0.3 is 7.60 Å². The van der Waals surface area contributed by atoms with Gasteiger partial charge in [-0.1, -0.05) is 84.9 Å². The molecule has 0 fully saturated rings. The molecular formula is C33H31N3O5P+. The molecule has 0 radical (unpaired) electrons. The van der Waals surface area contributed by atoms with Crippen molar-refractivity contribution in [3.8, 4) is 23.0 Å². The minimum atomic E-state index is -4.19. The number of benzene rings is 5. The molecule has 0 bridgehead atoms. The summed E-state index contributed by atoms with van der Waals surface area (Å²) in [7, 11) is -4.19. The first-order chi connectivity index (χ1) is 20.4. The first-order valence-corrected chi connectivity index (χ1v) is 14.9. The van der Waals surface area contributed by atoms with Crippen molar-refractivity contribution in [1.29, 1.82) is 0 Å². The molecule has 0 saturated carbocycles. The summed E-state index contributed by atoms with van der Waals surface area (Å²) in [6, 6.07) is 40.4. The Bertz CT molecular complexity index is 1600. The predicted octanol–water partition coefficient (Wildman–Crippen LogP) is 6.46. The molecule has 0 aromatic heterocycles. The van der Waals surface area contributed by atoms with E-state index in [1.165, 1.54) is 0 Å². The zero-order valence-corrected chi connectivity index (χ0v) is 23.6. The average molecular weight is 581 g/mol. The molecule has 0 spiro atoms. The van der Waals surface area contributed by atoms with Crippen molar-refractivity contribution in [3.05, 3.63) is 156 Å². The number of para-hydroxylation sites is 3. The second-order valence-electron chi connectivity index (χ2n) is 9.44. The summed E-state index contributed by atoms with van der Waals surface area (Å²) in [6.45, 7) is 0. The average Bonchev–Trinajstić information content (AvgIpc) is 3.01. The van der Waals surface area contributed by atoms with Crippen LogP contribution in [0.25, 0.3) is 0 Å². The van der Waals surface area contributed by atoms with Crippen molar-refractivity contribution >= 4 is 13.5 Å². The summed E-state index contributed by atoms with van der Waals surface area (Å²) in [5.74, 6) is 0.0673. The van der Waals surface area contributed by atoms with Crippen LogP contribution in [0.4, 0.5) is 0 Å². The number of nitrogens with one attached hydrogen (secondary N) is 1. The third-order valence-electron chi connectivity index (χ3n) is 6.29. The highest BCUT2D eigenvalue weighted by molar-refractivity contribution is 7.55. The Morgan fingerprint density at radius 1 is 0.643 bits per heavy atom. The maximum atomic E-state index is 14.8. The molecule has 5 aromatic carbocycles. The zero-order valence-electron chi connectivity index (χ0n) is 22.7. The Labute approximate surface area is 244 Å². The molecule has 8 nitrogen and oxygen atoms in total. The van der Waals surface area contributed by atoms with Crippen LogP contribution in [0.2, 0.25) is 0 Å². The summed E-state index contributed by atoms with van der Waals surface area (Å²) < 4.78 is 32.9. The van der Waals surface area contributed by atoms with E-state index in [4.69, 9.17) is 19.5 Å². The lowest BCUT2D eigenvalue weighted by Crippen LogP contribution is -2.58. The third-order valence-corrected chi connectivity index (χ3v) is 8.28. The molecule has 0 heterocycles. The molecular weight excluding hydrogens is 549 g/mol. The predicted molar refractivity (Wildman–Crippen MR) is 161 cm³/mol. The van der Waals surface area contributed by atoms with E-state index in [2.05, 4.69) is 11.1 Å². The molecule has 5 rings (SSSR count). The van der Waals surface area contributed by atoms with Gasteiger partial charge in [-0.2, -0.15) is 0 Å². The maximum absolute atomic E-state index is 14.8. The molecule has 6 N–H and O–H groups in total. The van der Waals surface area contributed by atoms with Crippen molar-refractivity contribution in [3.63, 3.8) is 0 Å². The standard InChI is InChI=1S/C33H30N3O5P/c34-31(35)24-19-21-25(22-20-24)33(36-32(37)26-11-10-18-30(23-26)39-27-12-4-1-5-13-27)42(38,40-28-14-6-2-7-15-28)41-29-16-8-3-9-17-29/h1-23,31,33H,34-35H2,(H,36,37)/p+1. The highest BCUT2D eigenvalue weighted by atomic mass is 31.2. The fraction of sp³-hybridized carbons (Fsp3) is 0.0606. The quantitative estimate of drug-likeness (QED) is 0.122. The Hall–Kier alpha value is -4.88. The molecule has 9 heteroatoms. The third kappa shape index (κ3) is 7.25. The number of carbonyl (C=O) groups is 1. The molecule has 2 atom stereocenters. The second-order valence-corrected chi connectivity index (χ2v) is 11.4. The summed E-state index contributed by atoms with van der Waals surface area (Å²) in [6.07, 6.45) is -0.451. The fourth-order valence-electron chi connectivity index (χ4n) is 4.18. The number of ether oxygens (including phenoxy) is 1. The minimum absolute atomic E-state index is 0.302. The fourth-order valence-corrected chi connectivity index (χ4v) is 6.08. The van der Waals surface area contributed by atoms with Gasteiger partial charge in [0.25, 0.3) is 5.91 Å². The number of nitrogens with two attached hydrogens (primary N) is 1. The monoisotopic (exact) mass is 580 g/mol. The highest BCUT2D eigenvalue weighted by Gasteiger charge is 2.42. The topological polar surface area (TPSA) is 128 Å². The van der Waals surface area contributed by atoms with Crippen LogP contribution < -0.4 is 30.6 Å². The summed E-state index contributed by atoms with van der Waals surface area (Å²) in [5.41, 5.74) is 11.4. The molecule has 0 saturated heterocycles. The van der Waals surface area contributed by atoms with Gasteiger partial charge < -0.3 is 24.8 Å². The smallest absolute Gasteiger partial charge is 0.457 e. The van der Waals surface area contributed by atoms with Crippen LogP contribution in [0, 0.1) is 0 Å². The van der Waals surface area contributed by atoms with Crippen LogP contribution in [0.15, 0.2) is 140 Å². The lowest BCUT2D eigenvalue weighted by Gasteiger charge is -2.28. The number of quaternary nitrogens is 1. The lowest BCUT2D eigenvalue weighted by molar-refractivity contribution is -0.424. The first kappa shape index (κ1) is 28.6. The molecule has 0 aliphatic rings. The van der Waals surface area contributed by atoms with Crippen molar-refractivity contribution in [1.82, 2.24) is 5.32 Å². The van der Waals surface area contributed by atoms with E-state index in [0.717, 1.165) is 5.56 Å². The van der Waals surface area contributed by atoms with Crippen molar-refractivity contribution < 1.29 is 28.9 Å². The van der Waals surface area contributed by atoms with Crippen LogP contribution in [-0.2, 0) is 4.57 Å². The van der Waals surface area contributed by atoms with Crippen molar-refractivity contribution in [2.75, 3.05) is 0 Å². The van der Waals surface area contributed by atoms with Gasteiger partial charge in [-0.3, -0.25) is 10.5 Å². The van der Waals surface area contributed by atoms with Crippen LogP contribution in [0.1, 0.15) is 33.4 Å². The van der Waals surface area contributed by atoms with Gasteiger partial charge in [-0.25, -0.2) is 4.57 Å². The van der Waals surface area contributed by atoms with Crippen LogP contribution in [0.5, 0.6) is 23.0 Å². The Balaban J connectivity index is 1.52. The Kier molecular flexibility index (Phi) is 8.99. The van der Waals surface area contributed by atoms with Gasteiger partial charge in [0.1, 0.15) is 23.0 Å². The van der Waals surface area contributed by atoms with E-state index < -0.39 is 25.5 Å².